The van der Waals surface area contributed by atoms with Crippen molar-refractivity contribution in [2.45, 2.75) is 32.6 Å². The Morgan fingerprint density at radius 2 is 2.17 bits per heavy atom. The molecule has 1 aromatic carbocycles. The van der Waals surface area contributed by atoms with Crippen molar-refractivity contribution in [3.8, 4) is 12.1 Å². The van der Waals surface area contributed by atoms with Crippen LogP contribution in [0, 0.1) is 22.7 Å². The summed E-state index contributed by atoms with van der Waals surface area (Å²) in [7, 11) is 0. The van der Waals surface area contributed by atoms with Crippen molar-refractivity contribution in [3.05, 3.63) is 41.1 Å². The van der Waals surface area contributed by atoms with Gasteiger partial charge in [0.15, 0.2) is 0 Å². The zero-order valence-corrected chi connectivity index (χ0v) is 13.9. The summed E-state index contributed by atoms with van der Waals surface area (Å²) in [6.45, 7) is 2.66. The quantitative estimate of drug-likeness (QED) is 0.649. The van der Waals surface area contributed by atoms with Gasteiger partial charge in [-0.05, 0) is 36.6 Å². The van der Waals surface area contributed by atoms with Crippen molar-refractivity contribution in [2.24, 2.45) is 0 Å². The number of aromatic nitrogens is 1. The second-order valence-corrected chi connectivity index (χ2v) is 5.68. The fourth-order valence-corrected chi connectivity index (χ4v) is 2.79. The van der Waals surface area contributed by atoms with Crippen LogP contribution in [-0.2, 0) is 6.42 Å². The molecule has 1 heterocycles. The van der Waals surface area contributed by atoms with E-state index in [4.69, 9.17) is 22.7 Å². The molecular formula is C18H18N4S. The van der Waals surface area contributed by atoms with Gasteiger partial charge in [-0.25, -0.2) is 0 Å². The highest BCUT2D eigenvalue weighted by Gasteiger charge is 2.13. The largest absolute Gasteiger partial charge is 0.375 e. The average Bonchev–Trinajstić information content (AvgIpc) is 2.58. The molecule has 0 atom stereocenters. The molecule has 0 spiro atoms. The van der Waals surface area contributed by atoms with E-state index in [0.29, 0.717) is 23.5 Å². The van der Waals surface area contributed by atoms with Crippen molar-refractivity contribution < 1.29 is 0 Å². The molecule has 4 nitrogen and oxygen atoms in total. The summed E-state index contributed by atoms with van der Waals surface area (Å²) in [5.41, 5.74) is 3.44. The number of pyridine rings is 1. The van der Waals surface area contributed by atoms with Crippen LogP contribution in [0.5, 0.6) is 0 Å². The molecule has 1 N–H and O–H groups in total. The lowest BCUT2D eigenvalue weighted by Gasteiger charge is -2.14. The lowest BCUT2D eigenvalue weighted by molar-refractivity contribution is 0.791. The van der Waals surface area contributed by atoms with Crippen LogP contribution in [0.2, 0.25) is 0 Å². The molecule has 116 valence electrons. The van der Waals surface area contributed by atoms with Gasteiger partial charge < -0.3 is 5.32 Å². The van der Waals surface area contributed by atoms with Crippen LogP contribution in [0.3, 0.4) is 0 Å². The van der Waals surface area contributed by atoms with Gasteiger partial charge in [-0.1, -0.05) is 25.6 Å². The van der Waals surface area contributed by atoms with Crippen LogP contribution in [0.1, 0.15) is 42.9 Å². The van der Waals surface area contributed by atoms with Crippen molar-refractivity contribution in [1.29, 1.82) is 10.5 Å². The number of hydrogen-bond donors (Lipinski definition) is 1. The summed E-state index contributed by atoms with van der Waals surface area (Å²) < 4.78 is 0. The Bertz CT molecular complexity index is 799. The second kappa shape index (κ2) is 8.22. The van der Waals surface area contributed by atoms with E-state index in [2.05, 4.69) is 29.4 Å². The molecule has 23 heavy (non-hydrogen) atoms. The molecule has 0 aliphatic rings. The fraction of sp³-hybridized carbons (Fsp3) is 0.333. The molecule has 0 amide bonds. The summed E-state index contributed by atoms with van der Waals surface area (Å²) in [5, 5.41) is 21.9. The summed E-state index contributed by atoms with van der Waals surface area (Å²) in [4.78, 5) is 5.12. The van der Waals surface area contributed by atoms with Crippen LogP contribution in [0.4, 0.5) is 0 Å². The van der Waals surface area contributed by atoms with E-state index >= 15 is 0 Å². The standard InChI is InChI=1S/C18H18N4S/c1-2-3-5-14-12-22-16-7-6-13(11-20)10-15(16)17(14)18(23)21-9-4-8-19/h6-7,10,12H,2-5,9H2,1H3,(H,21,23). The first kappa shape index (κ1) is 16.9. The van der Waals surface area contributed by atoms with Crippen molar-refractivity contribution in [2.75, 3.05) is 6.54 Å². The zero-order valence-electron chi connectivity index (χ0n) is 13.1. The van der Waals surface area contributed by atoms with Gasteiger partial charge in [0.05, 0.1) is 29.6 Å². The number of benzene rings is 1. The van der Waals surface area contributed by atoms with Crippen LogP contribution >= 0.6 is 12.2 Å². The van der Waals surface area contributed by atoms with Gasteiger partial charge in [0.25, 0.3) is 0 Å². The summed E-state index contributed by atoms with van der Waals surface area (Å²) in [6, 6.07) is 9.71. The van der Waals surface area contributed by atoms with Crippen molar-refractivity contribution in [1.82, 2.24) is 10.3 Å². The minimum atomic E-state index is 0.400. The monoisotopic (exact) mass is 322 g/mol. The SMILES string of the molecule is CCCCc1cnc2ccc(C#N)cc2c1C(=S)NCCC#N. The molecule has 0 saturated heterocycles. The number of thiocarbonyl (C=S) groups is 1. The van der Waals surface area contributed by atoms with Gasteiger partial charge in [0, 0.05) is 23.7 Å². The van der Waals surface area contributed by atoms with Gasteiger partial charge >= 0.3 is 0 Å². The molecule has 2 aromatic rings. The average molecular weight is 322 g/mol. The molecule has 5 heteroatoms. The number of fused-ring (bicyclic) bond motifs is 1. The number of hydrogen-bond acceptors (Lipinski definition) is 4. The number of nitrogens with one attached hydrogen (secondary N) is 1. The van der Waals surface area contributed by atoms with Gasteiger partial charge in [-0.3, -0.25) is 4.98 Å². The third kappa shape index (κ3) is 4.03. The predicted molar refractivity (Wildman–Crippen MR) is 95.0 cm³/mol. The highest BCUT2D eigenvalue weighted by molar-refractivity contribution is 7.80. The van der Waals surface area contributed by atoms with Crippen molar-refractivity contribution >= 4 is 28.1 Å². The maximum atomic E-state index is 9.16. The Hall–Kier alpha value is -2.50. The number of nitriles is 2. The molecule has 0 aliphatic carbocycles. The minimum absolute atomic E-state index is 0.400. The number of rotatable bonds is 6. The number of nitrogens with zero attached hydrogens (tertiary/aromatic N) is 3. The first-order valence-corrected chi connectivity index (χ1v) is 8.09. The Morgan fingerprint density at radius 1 is 1.35 bits per heavy atom. The van der Waals surface area contributed by atoms with Gasteiger partial charge in [-0.15, -0.1) is 0 Å². The fourth-order valence-electron chi connectivity index (χ4n) is 2.45. The van der Waals surface area contributed by atoms with Crippen LogP contribution in [-0.4, -0.2) is 16.5 Å². The number of aryl methyl sites for hydroxylation is 1. The molecule has 0 bridgehead atoms. The Balaban J connectivity index is 2.52. The maximum absolute atomic E-state index is 9.16. The summed E-state index contributed by atoms with van der Waals surface area (Å²) in [6.07, 6.45) is 5.31. The zero-order chi connectivity index (χ0) is 16.7. The molecular weight excluding hydrogens is 304 g/mol. The topological polar surface area (TPSA) is 72.5 Å². The first-order chi connectivity index (χ1) is 11.2. The van der Waals surface area contributed by atoms with Crippen LogP contribution < -0.4 is 5.32 Å². The first-order valence-electron chi connectivity index (χ1n) is 7.68. The predicted octanol–water partition coefficient (Wildman–Crippen LogP) is 3.63. The highest BCUT2D eigenvalue weighted by Crippen LogP contribution is 2.24. The van der Waals surface area contributed by atoms with E-state index in [9.17, 15) is 0 Å². The van der Waals surface area contributed by atoms with Crippen LogP contribution in [0.15, 0.2) is 24.4 Å². The van der Waals surface area contributed by atoms with E-state index in [1.807, 2.05) is 18.3 Å². The van der Waals surface area contributed by atoms with E-state index in [1.165, 1.54) is 0 Å². The van der Waals surface area contributed by atoms with Crippen molar-refractivity contribution in [3.63, 3.8) is 0 Å². The lowest BCUT2D eigenvalue weighted by Crippen LogP contribution is -2.25. The summed E-state index contributed by atoms with van der Waals surface area (Å²) >= 11 is 5.55. The summed E-state index contributed by atoms with van der Waals surface area (Å²) in [5.74, 6) is 0. The van der Waals surface area contributed by atoms with Gasteiger partial charge in [0.2, 0.25) is 0 Å². The van der Waals surface area contributed by atoms with E-state index in [-0.39, 0.29) is 0 Å². The second-order valence-electron chi connectivity index (χ2n) is 5.27. The Labute approximate surface area is 141 Å². The third-order valence-corrected chi connectivity index (χ3v) is 3.97. The van der Waals surface area contributed by atoms with E-state index in [1.54, 1.807) is 6.07 Å². The number of unbranched alkanes of at least 4 members (excludes halogenated alkanes) is 1. The molecule has 2 rings (SSSR count). The normalized spacial score (nSPS) is 10.0. The van der Waals surface area contributed by atoms with Gasteiger partial charge in [0.1, 0.15) is 4.99 Å². The van der Waals surface area contributed by atoms with E-state index in [0.717, 1.165) is 41.3 Å². The molecule has 0 saturated carbocycles. The Kier molecular flexibility index (Phi) is 6.02. The third-order valence-electron chi connectivity index (χ3n) is 3.62. The van der Waals surface area contributed by atoms with Crippen LogP contribution in [0.25, 0.3) is 10.9 Å². The molecule has 1 aromatic heterocycles. The van der Waals surface area contributed by atoms with E-state index < -0.39 is 0 Å². The molecule has 0 radical (unpaired) electrons. The lowest BCUT2D eigenvalue weighted by atomic mass is 9.98. The maximum Gasteiger partial charge on any atom is 0.107 e. The Morgan fingerprint density at radius 3 is 2.87 bits per heavy atom. The smallest absolute Gasteiger partial charge is 0.107 e. The minimum Gasteiger partial charge on any atom is -0.375 e. The highest BCUT2D eigenvalue weighted by atomic mass is 32.1. The van der Waals surface area contributed by atoms with Gasteiger partial charge in [-0.2, -0.15) is 10.5 Å². The molecule has 0 unspecified atom stereocenters. The molecule has 0 aliphatic heterocycles. The molecule has 0 fully saturated rings.